The molecule has 6 heteroatoms. The zero-order chi connectivity index (χ0) is 15.2. The van der Waals surface area contributed by atoms with Gasteiger partial charge in [-0.3, -0.25) is 4.57 Å². The van der Waals surface area contributed by atoms with Gasteiger partial charge in [0.1, 0.15) is 0 Å². The second-order valence-electron chi connectivity index (χ2n) is 5.05. The minimum atomic E-state index is -2.68. The van der Waals surface area contributed by atoms with Crippen molar-refractivity contribution in [1.29, 1.82) is 0 Å². The van der Waals surface area contributed by atoms with Crippen molar-refractivity contribution in [2.24, 2.45) is 10.3 Å². The number of benzene rings is 1. The van der Waals surface area contributed by atoms with Crippen LogP contribution in [0.25, 0.3) is 0 Å². The van der Waals surface area contributed by atoms with E-state index in [1.807, 2.05) is 49.0 Å². The van der Waals surface area contributed by atoms with Crippen molar-refractivity contribution in [2.45, 2.75) is 20.8 Å². The quantitative estimate of drug-likeness (QED) is 0.772. The van der Waals surface area contributed by atoms with Crippen LogP contribution < -0.4 is 5.09 Å². The Morgan fingerprint density at radius 3 is 2.40 bits per heavy atom. The fourth-order valence-electron chi connectivity index (χ4n) is 1.73. The molecular formula is C14H26N3OPS. The lowest BCUT2D eigenvalue weighted by Crippen LogP contribution is -2.26. The van der Waals surface area contributed by atoms with E-state index in [4.69, 9.17) is 4.36 Å². The summed E-state index contributed by atoms with van der Waals surface area (Å²) in [6.07, 6.45) is 0. The molecule has 0 bridgehead atoms. The summed E-state index contributed by atoms with van der Waals surface area (Å²) in [4.78, 5) is 0. The molecule has 0 spiro atoms. The van der Waals surface area contributed by atoms with E-state index in [0.29, 0.717) is 5.92 Å². The van der Waals surface area contributed by atoms with Gasteiger partial charge >= 0.3 is 0 Å². The molecule has 0 saturated heterocycles. The van der Waals surface area contributed by atoms with Gasteiger partial charge in [-0.25, -0.2) is 14.1 Å². The summed E-state index contributed by atoms with van der Waals surface area (Å²) >= 11 is 0. The van der Waals surface area contributed by atoms with Gasteiger partial charge in [0.25, 0.3) is 6.65 Å². The molecular weight excluding hydrogens is 289 g/mol. The molecule has 2 atom stereocenters. The highest BCUT2D eigenvalue weighted by Gasteiger charge is 2.30. The maximum Gasteiger partial charge on any atom is 0.279 e. The van der Waals surface area contributed by atoms with Crippen molar-refractivity contribution in [2.75, 3.05) is 26.4 Å². The van der Waals surface area contributed by atoms with E-state index in [1.165, 1.54) is 0 Å². The van der Waals surface area contributed by atoms with Gasteiger partial charge in [-0.1, -0.05) is 39.0 Å². The van der Waals surface area contributed by atoms with E-state index < -0.39 is 17.0 Å². The first-order valence-electron chi connectivity index (χ1n) is 6.93. The normalized spacial score (nSPS) is 16.6. The second kappa shape index (κ2) is 8.08. The smallest absolute Gasteiger partial charge is 0.276 e. The minimum Gasteiger partial charge on any atom is -0.276 e. The zero-order valence-corrected chi connectivity index (χ0v) is 14.7. The van der Waals surface area contributed by atoms with Crippen LogP contribution in [-0.4, -0.2) is 31.1 Å². The van der Waals surface area contributed by atoms with Gasteiger partial charge in [-0.15, -0.1) is 0 Å². The van der Waals surface area contributed by atoms with Crippen molar-refractivity contribution in [1.82, 2.24) is 9.76 Å². The molecule has 1 N–H and O–H groups in total. The van der Waals surface area contributed by atoms with Crippen molar-refractivity contribution in [3.8, 4) is 0 Å². The summed E-state index contributed by atoms with van der Waals surface area (Å²) in [6, 6.07) is 9.82. The molecule has 0 amide bonds. The molecule has 20 heavy (non-hydrogen) atoms. The van der Waals surface area contributed by atoms with Crippen LogP contribution in [0.2, 0.25) is 0 Å². The molecule has 2 unspecified atom stereocenters. The van der Waals surface area contributed by atoms with Gasteiger partial charge in [0.2, 0.25) is 0 Å². The Bertz CT molecular complexity index is 490. The fourth-order valence-corrected chi connectivity index (χ4v) is 8.38. The predicted octanol–water partition coefficient (Wildman–Crippen LogP) is 4.06. The van der Waals surface area contributed by atoms with Crippen LogP contribution in [-0.2, 0) is 14.9 Å². The largest absolute Gasteiger partial charge is 0.279 e. The van der Waals surface area contributed by atoms with Gasteiger partial charge in [0.15, 0.2) is 0 Å². The Balaban J connectivity index is 3.24. The Labute approximate surface area is 125 Å². The molecule has 0 fully saturated rings. The van der Waals surface area contributed by atoms with Crippen LogP contribution in [0.15, 0.2) is 34.7 Å². The lowest BCUT2D eigenvalue weighted by Gasteiger charge is -2.29. The summed E-state index contributed by atoms with van der Waals surface area (Å²) in [5, 5.41) is 3.05. The number of nitrogens with zero attached hydrogens (tertiary/aromatic N) is 2. The Hall–Kier alpha value is -0.480. The average Bonchev–Trinajstić information content (AvgIpc) is 2.45. The van der Waals surface area contributed by atoms with Crippen LogP contribution in [0.4, 0.5) is 5.69 Å². The third-order valence-corrected chi connectivity index (χ3v) is 10.4. The minimum absolute atomic E-state index is 0.456. The Kier molecular flexibility index (Phi) is 7.10. The molecule has 1 aromatic rings. The first-order valence-corrected chi connectivity index (χ1v) is 10.5. The third-order valence-electron chi connectivity index (χ3n) is 2.92. The molecule has 0 aliphatic heterocycles. The molecule has 0 radical (unpaired) electrons. The summed E-state index contributed by atoms with van der Waals surface area (Å²) in [6.45, 7) is 4.37. The number of nitrogens with one attached hydrogen (secondary N) is 1. The maximum atomic E-state index is 13.3. The first-order chi connectivity index (χ1) is 9.43. The molecule has 0 heterocycles. The maximum absolute atomic E-state index is 13.3. The lowest BCUT2D eigenvalue weighted by atomic mass is 10.3. The van der Waals surface area contributed by atoms with Crippen molar-refractivity contribution < 1.29 is 4.57 Å². The van der Waals surface area contributed by atoms with E-state index in [2.05, 4.69) is 18.9 Å². The molecule has 0 aliphatic carbocycles. The first kappa shape index (κ1) is 17.6. The van der Waals surface area contributed by atoms with Gasteiger partial charge in [0.05, 0.1) is 5.69 Å². The molecule has 1 aromatic carbocycles. The van der Waals surface area contributed by atoms with Crippen molar-refractivity contribution in [3.05, 3.63) is 30.3 Å². The van der Waals surface area contributed by atoms with Gasteiger partial charge in [-0.05, 0) is 42.5 Å². The van der Waals surface area contributed by atoms with Crippen molar-refractivity contribution in [3.63, 3.8) is 0 Å². The summed E-state index contributed by atoms with van der Waals surface area (Å²) in [7, 11) is 3.13. The monoisotopic (exact) mass is 315 g/mol. The molecule has 1 rings (SSSR count). The third kappa shape index (κ3) is 4.52. The Morgan fingerprint density at radius 2 is 1.95 bits per heavy atom. The zero-order valence-electron chi connectivity index (χ0n) is 13.0. The number of hydrogen-bond donors (Lipinski definition) is 1. The highest BCUT2D eigenvalue weighted by atomic mass is 32.8. The van der Waals surface area contributed by atoms with Crippen molar-refractivity contribution >= 4 is 22.6 Å². The van der Waals surface area contributed by atoms with E-state index in [9.17, 15) is 4.57 Å². The number of rotatable bonds is 7. The van der Waals surface area contributed by atoms with Crippen LogP contribution in [0.5, 0.6) is 0 Å². The van der Waals surface area contributed by atoms with E-state index >= 15 is 0 Å². The van der Waals surface area contributed by atoms with E-state index in [-0.39, 0.29) is 0 Å². The topological polar surface area (TPSA) is 44.7 Å². The average molecular weight is 315 g/mol. The molecule has 114 valence electrons. The van der Waals surface area contributed by atoms with Crippen LogP contribution in [0, 0.1) is 5.92 Å². The molecule has 4 nitrogen and oxygen atoms in total. The SMILES string of the molecule is CCN(C)P(=O)(NC)S(CC(C)C)=Nc1ccccc1. The van der Waals surface area contributed by atoms with E-state index in [1.54, 1.807) is 7.05 Å². The molecule has 0 saturated carbocycles. The van der Waals surface area contributed by atoms with Gasteiger partial charge < -0.3 is 0 Å². The van der Waals surface area contributed by atoms with E-state index in [0.717, 1.165) is 18.0 Å². The van der Waals surface area contributed by atoms with Crippen LogP contribution in [0.1, 0.15) is 20.8 Å². The molecule has 0 aliphatic rings. The summed E-state index contributed by atoms with van der Waals surface area (Å²) < 4.78 is 20.0. The standard InChI is InChI=1S/C14H26N3OPS/c1-6-17(5)19(18,15-4)20(12-13(2)3)16-14-10-8-7-9-11-14/h7-11,13H,6,12H2,1-5H3,(H,15,18). The van der Waals surface area contributed by atoms with Gasteiger partial charge in [-0.2, -0.15) is 0 Å². The Morgan fingerprint density at radius 1 is 1.35 bits per heavy atom. The predicted molar refractivity (Wildman–Crippen MR) is 90.6 cm³/mol. The van der Waals surface area contributed by atoms with Crippen LogP contribution >= 0.6 is 6.65 Å². The fraction of sp³-hybridized carbons (Fsp3) is 0.571. The lowest BCUT2D eigenvalue weighted by molar-refractivity contribution is 0.490. The highest BCUT2D eigenvalue weighted by Crippen LogP contribution is 2.50. The highest BCUT2D eigenvalue weighted by molar-refractivity contribution is 8.48. The second-order valence-corrected chi connectivity index (χ2v) is 11.2. The van der Waals surface area contributed by atoms with Gasteiger partial charge in [0, 0.05) is 12.3 Å². The summed E-state index contributed by atoms with van der Waals surface area (Å²) in [5.41, 5.74) is 0.900. The number of hydrogen-bond acceptors (Lipinski definition) is 2. The molecule has 0 aromatic heterocycles. The summed E-state index contributed by atoms with van der Waals surface area (Å²) in [5.74, 6) is 1.29. The van der Waals surface area contributed by atoms with Crippen LogP contribution in [0.3, 0.4) is 0 Å².